The van der Waals surface area contributed by atoms with Gasteiger partial charge in [0.1, 0.15) is 0 Å². The van der Waals surface area contributed by atoms with Crippen LogP contribution < -0.4 is 5.32 Å². The Labute approximate surface area is 147 Å². The van der Waals surface area contributed by atoms with Gasteiger partial charge in [-0.15, -0.1) is 0 Å². The summed E-state index contributed by atoms with van der Waals surface area (Å²) < 4.78 is 0. The second-order valence-corrected chi connectivity index (χ2v) is 7.95. The number of carbonyl (C=O) groups is 1. The normalized spacial score (nSPS) is 20.3. The summed E-state index contributed by atoms with van der Waals surface area (Å²) in [6.07, 6.45) is 4.75. The Morgan fingerprint density at radius 3 is 2.71 bits per heavy atom. The Balaban J connectivity index is 2.11. The van der Waals surface area contributed by atoms with Gasteiger partial charge < -0.3 is 10.2 Å². The lowest BCUT2D eigenvalue weighted by molar-refractivity contribution is -0.123. The van der Waals surface area contributed by atoms with Crippen LogP contribution in [0.15, 0.2) is 24.4 Å². The summed E-state index contributed by atoms with van der Waals surface area (Å²) in [5, 5.41) is 3.28. The fraction of sp³-hybridized carbons (Fsp3) is 0.700. The molecule has 1 aliphatic heterocycles. The van der Waals surface area contributed by atoms with Crippen LogP contribution in [0.5, 0.6) is 0 Å². The predicted octanol–water partition coefficient (Wildman–Crippen LogP) is 3.65. The molecule has 0 bridgehead atoms. The second-order valence-electron chi connectivity index (χ2n) is 7.95. The summed E-state index contributed by atoms with van der Waals surface area (Å²) in [4.78, 5) is 19.5. The van der Waals surface area contributed by atoms with Crippen molar-refractivity contribution in [2.75, 3.05) is 19.6 Å². The van der Waals surface area contributed by atoms with Gasteiger partial charge in [0.15, 0.2) is 0 Å². The summed E-state index contributed by atoms with van der Waals surface area (Å²) in [5.41, 5.74) is 0.992. The number of nitrogens with zero attached hydrogens (tertiary/aromatic N) is 2. The summed E-state index contributed by atoms with van der Waals surface area (Å²) in [5.74, 6) is 1.62. The molecule has 0 spiro atoms. The first kappa shape index (κ1) is 18.9. The summed E-state index contributed by atoms with van der Waals surface area (Å²) in [6.45, 7) is 12.0. The van der Waals surface area contributed by atoms with Crippen LogP contribution in [0.4, 0.5) is 0 Å². The molecule has 0 aromatic carbocycles. The molecular formula is C20H33N3O. The van der Waals surface area contributed by atoms with Crippen molar-refractivity contribution in [1.29, 1.82) is 0 Å². The largest absolute Gasteiger partial charge is 0.347 e. The van der Waals surface area contributed by atoms with Crippen LogP contribution in [0.1, 0.15) is 58.7 Å². The number of piperidine rings is 1. The zero-order valence-corrected chi connectivity index (χ0v) is 15.7. The zero-order valence-electron chi connectivity index (χ0n) is 15.7. The third-order valence-electron chi connectivity index (χ3n) is 4.55. The van der Waals surface area contributed by atoms with Gasteiger partial charge >= 0.3 is 0 Å². The molecule has 134 valence electrons. The molecule has 2 unspecified atom stereocenters. The Kier molecular flexibility index (Phi) is 7.22. The van der Waals surface area contributed by atoms with Gasteiger partial charge in [0.05, 0.1) is 11.7 Å². The summed E-state index contributed by atoms with van der Waals surface area (Å²) in [7, 11) is 0. The highest BCUT2D eigenvalue weighted by atomic mass is 16.1. The van der Waals surface area contributed by atoms with Crippen LogP contribution in [0, 0.1) is 17.8 Å². The number of nitrogens with one attached hydrogen (secondary N) is 1. The van der Waals surface area contributed by atoms with E-state index in [0.717, 1.165) is 25.2 Å². The highest BCUT2D eigenvalue weighted by Gasteiger charge is 2.30. The first-order valence-corrected chi connectivity index (χ1v) is 9.38. The molecule has 1 fully saturated rings. The lowest BCUT2D eigenvalue weighted by atomic mass is 9.87. The van der Waals surface area contributed by atoms with Gasteiger partial charge in [0.2, 0.25) is 5.91 Å². The average Bonchev–Trinajstić information content (AvgIpc) is 2.52. The van der Waals surface area contributed by atoms with E-state index in [1.807, 2.05) is 24.4 Å². The Morgan fingerprint density at radius 2 is 2.08 bits per heavy atom. The monoisotopic (exact) mass is 331 g/mol. The second kappa shape index (κ2) is 9.16. The summed E-state index contributed by atoms with van der Waals surface area (Å²) in [6, 6.07) is 6.01. The van der Waals surface area contributed by atoms with Crippen molar-refractivity contribution in [1.82, 2.24) is 15.2 Å². The molecular weight excluding hydrogens is 298 g/mol. The van der Waals surface area contributed by atoms with E-state index in [-0.39, 0.29) is 11.9 Å². The first-order chi connectivity index (χ1) is 11.5. The smallest absolute Gasteiger partial charge is 0.220 e. The van der Waals surface area contributed by atoms with Crippen LogP contribution in [0.3, 0.4) is 0 Å². The van der Waals surface area contributed by atoms with Crippen LogP contribution in [0.25, 0.3) is 0 Å². The maximum Gasteiger partial charge on any atom is 0.220 e. The van der Waals surface area contributed by atoms with Crippen LogP contribution in [-0.2, 0) is 4.79 Å². The molecule has 0 radical (unpaired) electrons. The van der Waals surface area contributed by atoms with Crippen molar-refractivity contribution in [2.45, 2.75) is 53.0 Å². The molecule has 2 atom stereocenters. The number of aromatic nitrogens is 1. The molecule has 1 aliphatic rings. The van der Waals surface area contributed by atoms with Crippen LogP contribution in [-0.4, -0.2) is 35.4 Å². The lowest BCUT2D eigenvalue weighted by Crippen LogP contribution is -2.44. The van der Waals surface area contributed by atoms with E-state index >= 15 is 0 Å². The van der Waals surface area contributed by atoms with Crippen molar-refractivity contribution in [3.8, 4) is 0 Å². The molecule has 1 amide bonds. The standard InChI is InChI=1S/C20H33N3O/c1-15(2)12-19(24)22-20(18-9-5-6-10-21-18)17-8-7-11-23(14-17)13-16(3)4/h5-6,9-10,15-17,20H,7-8,11-14H2,1-4H3,(H,22,24). The molecule has 1 aromatic heterocycles. The van der Waals surface area contributed by atoms with Crippen LogP contribution >= 0.6 is 0 Å². The van der Waals surface area contributed by atoms with Gasteiger partial charge in [0, 0.05) is 25.7 Å². The highest BCUT2D eigenvalue weighted by Crippen LogP contribution is 2.29. The molecule has 24 heavy (non-hydrogen) atoms. The Bertz CT molecular complexity index is 501. The topological polar surface area (TPSA) is 45.2 Å². The minimum atomic E-state index is 0.0208. The van der Waals surface area contributed by atoms with Gasteiger partial charge in [-0.25, -0.2) is 0 Å². The minimum absolute atomic E-state index is 0.0208. The Morgan fingerprint density at radius 1 is 1.29 bits per heavy atom. The van der Waals surface area contributed by atoms with Crippen molar-refractivity contribution in [3.05, 3.63) is 30.1 Å². The van der Waals surface area contributed by atoms with Crippen molar-refractivity contribution >= 4 is 5.91 Å². The minimum Gasteiger partial charge on any atom is -0.347 e. The van der Waals surface area contributed by atoms with Crippen molar-refractivity contribution in [3.63, 3.8) is 0 Å². The SMILES string of the molecule is CC(C)CC(=O)NC(c1ccccn1)C1CCCN(CC(C)C)C1. The number of rotatable bonds is 7. The lowest BCUT2D eigenvalue weighted by Gasteiger charge is -2.38. The number of hydrogen-bond acceptors (Lipinski definition) is 3. The van der Waals surface area contributed by atoms with E-state index < -0.39 is 0 Å². The van der Waals surface area contributed by atoms with Gasteiger partial charge in [-0.1, -0.05) is 33.8 Å². The number of pyridine rings is 1. The van der Waals surface area contributed by atoms with E-state index in [4.69, 9.17) is 0 Å². The van der Waals surface area contributed by atoms with Crippen LogP contribution in [0.2, 0.25) is 0 Å². The van der Waals surface area contributed by atoms with E-state index in [1.165, 1.54) is 13.0 Å². The van der Waals surface area contributed by atoms with Gasteiger partial charge in [-0.05, 0) is 49.3 Å². The third-order valence-corrected chi connectivity index (χ3v) is 4.55. The van der Waals surface area contributed by atoms with Gasteiger partial charge in [0.25, 0.3) is 0 Å². The van der Waals surface area contributed by atoms with E-state index in [2.05, 4.69) is 42.9 Å². The third kappa shape index (κ3) is 5.90. The number of amides is 1. The van der Waals surface area contributed by atoms with E-state index in [9.17, 15) is 4.79 Å². The molecule has 1 aromatic rings. The molecule has 0 aliphatic carbocycles. The fourth-order valence-electron chi connectivity index (χ4n) is 3.64. The molecule has 2 rings (SSSR count). The average molecular weight is 332 g/mol. The number of likely N-dealkylation sites (tertiary alicyclic amines) is 1. The molecule has 2 heterocycles. The van der Waals surface area contributed by atoms with Gasteiger partial charge in [-0.3, -0.25) is 9.78 Å². The first-order valence-electron chi connectivity index (χ1n) is 9.38. The molecule has 1 N–H and O–H groups in total. The quantitative estimate of drug-likeness (QED) is 0.829. The number of hydrogen-bond donors (Lipinski definition) is 1. The maximum atomic E-state index is 12.4. The molecule has 4 nitrogen and oxygen atoms in total. The predicted molar refractivity (Wildman–Crippen MR) is 98.6 cm³/mol. The van der Waals surface area contributed by atoms with E-state index in [0.29, 0.717) is 24.2 Å². The molecule has 4 heteroatoms. The zero-order chi connectivity index (χ0) is 17.5. The molecule has 0 saturated carbocycles. The highest BCUT2D eigenvalue weighted by molar-refractivity contribution is 5.76. The molecule has 1 saturated heterocycles. The van der Waals surface area contributed by atoms with E-state index in [1.54, 1.807) is 0 Å². The van der Waals surface area contributed by atoms with Crippen molar-refractivity contribution < 1.29 is 4.79 Å². The Hall–Kier alpha value is -1.42. The van der Waals surface area contributed by atoms with Gasteiger partial charge in [-0.2, -0.15) is 0 Å². The number of carbonyl (C=O) groups excluding carboxylic acids is 1. The van der Waals surface area contributed by atoms with Crippen molar-refractivity contribution in [2.24, 2.45) is 17.8 Å². The fourth-order valence-corrected chi connectivity index (χ4v) is 3.64. The maximum absolute atomic E-state index is 12.4. The summed E-state index contributed by atoms with van der Waals surface area (Å²) >= 11 is 0.